The molecule has 0 N–H and O–H groups in total. The number of methoxy groups -OCH3 is 1. The van der Waals surface area contributed by atoms with Crippen LogP contribution in [0.3, 0.4) is 0 Å². The second kappa shape index (κ2) is 8.15. The smallest absolute Gasteiger partial charge is 0.347 e. The third-order valence-electron chi connectivity index (χ3n) is 9.43. The average Bonchev–Trinajstić information content (AvgIpc) is 3.31. The first-order chi connectivity index (χ1) is 14.8. The normalized spacial score (nSPS) is 35.7. The molecular weight excluding hydrogens is 426 g/mol. The van der Waals surface area contributed by atoms with E-state index in [4.69, 9.17) is 14.2 Å². The molecule has 1 saturated heterocycles. The number of hydrogen-bond acceptors (Lipinski definition) is 4. The molecule has 2 saturated carbocycles. The molecule has 0 aromatic heterocycles. The van der Waals surface area contributed by atoms with Crippen LogP contribution in [-0.2, 0) is 19.0 Å². The average molecular weight is 473 g/mol. The lowest BCUT2D eigenvalue weighted by molar-refractivity contribution is -0.297. The lowest BCUT2D eigenvalue weighted by Gasteiger charge is -2.58. The van der Waals surface area contributed by atoms with Crippen molar-refractivity contribution in [3.63, 3.8) is 0 Å². The Morgan fingerprint density at radius 3 is 1.73 bits per heavy atom. The molecule has 33 heavy (non-hydrogen) atoms. The Kier molecular flexibility index (Phi) is 6.63. The van der Waals surface area contributed by atoms with Gasteiger partial charge in [-0.1, -0.05) is 69.2 Å². The maximum Gasteiger partial charge on any atom is 0.347 e. The molecule has 3 aliphatic rings. The zero-order chi connectivity index (χ0) is 25.4. The highest BCUT2D eigenvalue weighted by molar-refractivity contribution is 5.81. The summed E-state index contributed by atoms with van der Waals surface area (Å²) in [6.45, 7) is 18.2. The fourth-order valence-electron chi connectivity index (χ4n) is 6.38. The monoisotopic (exact) mass is 472 g/mol. The molecular formula is C27H46F2O4. The SMILES string of the molecule is COC(=O)C(F)(C(F)C(C)(C)C(C)(C)C1OC2C3CCC(C3)C2OC1C(C)(C)C)C(C)(C)C. The van der Waals surface area contributed by atoms with Gasteiger partial charge in [0.25, 0.3) is 0 Å². The van der Waals surface area contributed by atoms with Gasteiger partial charge in [0.2, 0.25) is 5.67 Å². The van der Waals surface area contributed by atoms with Gasteiger partial charge in [0, 0.05) is 16.2 Å². The zero-order valence-electron chi connectivity index (χ0n) is 22.6. The van der Waals surface area contributed by atoms with Crippen molar-refractivity contribution in [2.45, 2.75) is 125 Å². The van der Waals surface area contributed by atoms with Crippen molar-refractivity contribution in [3.8, 4) is 0 Å². The highest BCUT2D eigenvalue weighted by Gasteiger charge is 2.67. The van der Waals surface area contributed by atoms with E-state index in [9.17, 15) is 4.79 Å². The number of carbonyl (C=O) groups is 1. The Labute approximate surface area is 199 Å². The molecule has 0 aromatic carbocycles. The van der Waals surface area contributed by atoms with Gasteiger partial charge >= 0.3 is 5.97 Å². The van der Waals surface area contributed by atoms with Gasteiger partial charge in [0.15, 0.2) is 6.17 Å². The number of carbonyl (C=O) groups excluding carboxylic acids is 1. The topological polar surface area (TPSA) is 44.8 Å². The van der Waals surface area contributed by atoms with Crippen LogP contribution in [0.5, 0.6) is 0 Å². The molecule has 8 unspecified atom stereocenters. The molecule has 192 valence electrons. The Morgan fingerprint density at radius 2 is 1.33 bits per heavy atom. The molecule has 1 heterocycles. The van der Waals surface area contributed by atoms with E-state index in [0.717, 1.165) is 20.0 Å². The van der Waals surface area contributed by atoms with E-state index in [-0.39, 0.29) is 23.7 Å². The molecule has 0 aromatic rings. The summed E-state index contributed by atoms with van der Waals surface area (Å²) in [4.78, 5) is 12.6. The Morgan fingerprint density at radius 1 is 0.879 bits per heavy atom. The van der Waals surface area contributed by atoms with Gasteiger partial charge in [-0.15, -0.1) is 0 Å². The molecule has 3 rings (SSSR count). The van der Waals surface area contributed by atoms with E-state index < -0.39 is 40.2 Å². The Balaban J connectivity index is 2.02. The maximum atomic E-state index is 16.5. The van der Waals surface area contributed by atoms with Crippen LogP contribution in [0, 0.1) is 33.5 Å². The molecule has 6 heteroatoms. The van der Waals surface area contributed by atoms with Gasteiger partial charge in [-0.3, -0.25) is 0 Å². The van der Waals surface area contributed by atoms with E-state index in [1.165, 1.54) is 27.2 Å². The molecule has 0 spiro atoms. The minimum atomic E-state index is -2.82. The van der Waals surface area contributed by atoms with Crippen LogP contribution in [0.25, 0.3) is 0 Å². The second-order valence-corrected chi connectivity index (χ2v) is 14.0. The van der Waals surface area contributed by atoms with Crippen molar-refractivity contribution in [2.24, 2.45) is 33.5 Å². The van der Waals surface area contributed by atoms with Gasteiger partial charge in [-0.25, -0.2) is 13.6 Å². The van der Waals surface area contributed by atoms with Gasteiger partial charge in [-0.05, 0) is 36.5 Å². The van der Waals surface area contributed by atoms with Gasteiger partial charge < -0.3 is 14.2 Å². The van der Waals surface area contributed by atoms with Crippen molar-refractivity contribution < 1.29 is 27.8 Å². The van der Waals surface area contributed by atoms with E-state index in [0.29, 0.717) is 11.8 Å². The number of halogens is 2. The number of alkyl halides is 2. The van der Waals surface area contributed by atoms with Crippen LogP contribution in [-0.4, -0.2) is 49.3 Å². The number of esters is 1. The quantitative estimate of drug-likeness (QED) is 0.440. The van der Waals surface area contributed by atoms with E-state index in [1.54, 1.807) is 13.8 Å². The zero-order valence-corrected chi connectivity index (χ0v) is 22.6. The third-order valence-corrected chi connectivity index (χ3v) is 9.43. The van der Waals surface area contributed by atoms with Crippen LogP contribution < -0.4 is 0 Å². The van der Waals surface area contributed by atoms with Gasteiger partial charge in [0.05, 0.1) is 31.5 Å². The van der Waals surface area contributed by atoms with Gasteiger partial charge in [0.1, 0.15) is 0 Å². The molecule has 8 atom stereocenters. The van der Waals surface area contributed by atoms with Crippen molar-refractivity contribution in [1.29, 1.82) is 0 Å². The fraction of sp³-hybridized carbons (Fsp3) is 0.963. The van der Waals surface area contributed by atoms with Crippen molar-refractivity contribution in [2.75, 3.05) is 7.11 Å². The van der Waals surface area contributed by atoms with Crippen molar-refractivity contribution >= 4 is 5.97 Å². The molecule has 0 amide bonds. The highest BCUT2D eigenvalue weighted by Crippen LogP contribution is 2.59. The van der Waals surface area contributed by atoms with Gasteiger partial charge in [-0.2, -0.15) is 0 Å². The van der Waals surface area contributed by atoms with Crippen LogP contribution in [0.4, 0.5) is 8.78 Å². The first kappa shape index (κ1) is 26.8. The minimum absolute atomic E-state index is 0.00107. The summed E-state index contributed by atoms with van der Waals surface area (Å²) in [6, 6.07) is 0. The van der Waals surface area contributed by atoms with E-state index in [1.807, 2.05) is 13.8 Å². The summed E-state index contributed by atoms with van der Waals surface area (Å²) in [7, 11) is 1.11. The highest BCUT2D eigenvalue weighted by atomic mass is 19.2. The summed E-state index contributed by atoms with van der Waals surface area (Å²) in [5.74, 6) is -0.185. The van der Waals surface area contributed by atoms with Crippen LogP contribution >= 0.6 is 0 Å². The standard InChI is InChI=1S/C27H46F2O4/c1-23(2,3)19-20(33-18-16-13-12-15(14-16)17(18)32-19)25(7,8)26(9,10)21(28)27(29,22(30)31-11)24(4,5)6/h15-21H,12-14H2,1-11H3. The molecule has 2 aliphatic carbocycles. The predicted octanol–water partition coefficient (Wildman–Crippen LogP) is 6.30. The number of ether oxygens (including phenoxy) is 3. The minimum Gasteiger partial charge on any atom is -0.467 e. The lowest BCUT2D eigenvalue weighted by atomic mass is 9.55. The summed E-state index contributed by atoms with van der Waals surface area (Å²) in [6.07, 6.45) is 0.663. The Hall–Kier alpha value is -0.750. The fourth-order valence-corrected chi connectivity index (χ4v) is 6.38. The summed E-state index contributed by atoms with van der Waals surface area (Å²) in [5, 5.41) is 0. The van der Waals surface area contributed by atoms with Crippen LogP contribution in [0.1, 0.15) is 88.5 Å². The summed E-state index contributed by atoms with van der Waals surface area (Å²) < 4.78 is 51.3. The van der Waals surface area contributed by atoms with Crippen LogP contribution in [0.15, 0.2) is 0 Å². The first-order valence-electron chi connectivity index (χ1n) is 12.5. The second-order valence-electron chi connectivity index (χ2n) is 14.0. The van der Waals surface area contributed by atoms with E-state index >= 15 is 8.78 Å². The largest absolute Gasteiger partial charge is 0.467 e. The molecule has 1 aliphatic heterocycles. The molecule has 3 fully saturated rings. The number of rotatable bonds is 5. The summed E-state index contributed by atoms with van der Waals surface area (Å²) in [5.41, 5.74) is -6.49. The predicted molar refractivity (Wildman–Crippen MR) is 125 cm³/mol. The van der Waals surface area contributed by atoms with Crippen molar-refractivity contribution in [1.82, 2.24) is 0 Å². The third kappa shape index (κ3) is 3.95. The number of fused-ring (bicyclic) bond motifs is 5. The Bertz CT molecular complexity index is 750. The molecule has 2 bridgehead atoms. The number of hydrogen-bond donors (Lipinski definition) is 0. The molecule has 4 nitrogen and oxygen atoms in total. The first-order valence-corrected chi connectivity index (χ1v) is 12.5. The summed E-state index contributed by atoms with van der Waals surface area (Å²) >= 11 is 0. The lowest BCUT2D eigenvalue weighted by Crippen LogP contribution is -2.67. The van der Waals surface area contributed by atoms with Crippen molar-refractivity contribution in [3.05, 3.63) is 0 Å². The van der Waals surface area contributed by atoms with Crippen LogP contribution in [0.2, 0.25) is 0 Å². The van der Waals surface area contributed by atoms with E-state index in [2.05, 4.69) is 20.8 Å². The maximum absolute atomic E-state index is 16.5. The molecule has 0 radical (unpaired) electrons.